The molecule has 18 heavy (non-hydrogen) atoms. The Bertz CT molecular complexity index is 433. The number of nitrogens with one attached hydrogen (secondary N) is 1. The number of carboxylic acid groups (broad SMARTS) is 2. The molecule has 1 amide bonds. The van der Waals surface area contributed by atoms with Gasteiger partial charge in [-0.1, -0.05) is 4.49 Å². The maximum absolute atomic E-state index is 11.5. The first kappa shape index (κ1) is 14.0. The molecule has 0 aliphatic rings. The van der Waals surface area contributed by atoms with Gasteiger partial charge < -0.3 is 15.5 Å². The van der Waals surface area contributed by atoms with Crippen molar-refractivity contribution >= 4 is 29.4 Å². The third-order valence-electron chi connectivity index (χ3n) is 2.08. The smallest absolute Gasteiger partial charge is 0.326 e. The Morgan fingerprint density at radius 3 is 2.61 bits per heavy atom. The second kappa shape index (κ2) is 6.64. The first-order valence-corrected chi connectivity index (χ1v) is 5.87. The highest BCUT2D eigenvalue weighted by molar-refractivity contribution is 7.03. The topological polar surface area (TPSA) is 129 Å². The summed E-state index contributed by atoms with van der Waals surface area (Å²) in [5.41, 5.74) is 0.0458. The van der Waals surface area contributed by atoms with Gasteiger partial charge in [0, 0.05) is 11.8 Å². The molecule has 98 valence electrons. The van der Waals surface area contributed by atoms with E-state index in [0.717, 1.165) is 11.5 Å². The standard InChI is InChI=1S/C9H11N3O5S/c13-7(14)3-1-2-5(9(16)17)10-8(15)6-4-18-12-11-6/h4-5H,1-3H2,(H,10,15)(H,13,14)(H,16,17)/t5-/m1/s1. The zero-order valence-corrected chi connectivity index (χ0v) is 10.0. The van der Waals surface area contributed by atoms with Crippen molar-refractivity contribution < 1.29 is 24.6 Å². The van der Waals surface area contributed by atoms with Crippen LogP contribution < -0.4 is 5.32 Å². The number of aromatic nitrogens is 2. The normalized spacial score (nSPS) is 11.8. The third-order valence-corrected chi connectivity index (χ3v) is 2.58. The molecule has 0 bridgehead atoms. The van der Waals surface area contributed by atoms with Crippen molar-refractivity contribution in [3.05, 3.63) is 11.1 Å². The number of carboxylic acids is 2. The van der Waals surface area contributed by atoms with Crippen LogP contribution in [0.2, 0.25) is 0 Å². The Labute approximate surface area is 106 Å². The first-order chi connectivity index (χ1) is 8.50. The van der Waals surface area contributed by atoms with Crippen molar-refractivity contribution in [1.29, 1.82) is 0 Å². The summed E-state index contributed by atoms with van der Waals surface area (Å²) in [4.78, 5) is 32.7. The van der Waals surface area contributed by atoms with E-state index in [1.165, 1.54) is 5.38 Å². The van der Waals surface area contributed by atoms with Gasteiger partial charge in [0.05, 0.1) is 0 Å². The highest BCUT2D eigenvalue weighted by Crippen LogP contribution is 2.04. The van der Waals surface area contributed by atoms with E-state index in [4.69, 9.17) is 10.2 Å². The van der Waals surface area contributed by atoms with Gasteiger partial charge in [-0.25, -0.2) is 4.79 Å². The lowest BCUT2D eigenvalue weighted by Gasteiger charge is -2.12. The van der Waals surface area contributed by atoms with E-state index in [-0.39, 0.29) is 25.0 Å². The molecule has 0 aliphatic carbocycles. The molecule has 0 fully saturated rings. The molecule has 9 heteroatoms. The molecule has 8 nitrogen and oxygen atoms in total. The van der Waals surface area contributed by atoms with Crippen LogP contribution in [0, 0.1) is 0 Å². The number of aliphatic carboxylic acids is 2. The lowest BCUT2D eigenvalue weighted by molar-refractivity contribution is -0.140. The molecule has 0 spiro atoms. The van der Waals surface area contributed by atoms with Gasteiger partial charge in [-0.2, -0.15) is 0 Å². The van der Waals surface area contributed by atoms with Crippen molar-refractivity contribution in [3.8, 4) is 0 Å². The fraction of sp³-hybridized carbons (Fsp3) is 0.444. The molecule has 0 radical (unpaired) electrons. The van der Waals surface area contributed by atoms with Gasteiger partial charge in [0.15, 0.2) is 5.69 Å². The molecule has 1 rings (SSSR count). The van der Waals surface area contributed by atoms with E-state index >= 15 is 0 Å². The van der Waals surface area contributed by atoms with E-state index in [1.807, 2.05) is 0 Å². The SMILES string of the molecule is O=C(O)CCC[C@@H](NC(=O)c1csnn1)C(=O)O. The molecule has 0 aromatic carbocycles. The summed E-state index contributed by atoms with van der Waals surface area (Å²) in [6, 6.07) is -1.13. The minimum absolute atomic E-state index is 0.0458. The number of carbonyl (C=O) groups is 3. The lowest BCUT2D eigenvalue weighted by Crippen LogP contribution is -2.41. The predicted molar refractivity (Wildman–Crippen MR) is 60.3 cm³/mol. The summed E-state index contributed by atoms with van der Waals surface area (Å²) in [6.45, 7) is 0. The van der Waals surface area contributed by atoms with Crippen LogP contribution in [0.3, 0.4) is 0 Å². The summed E-state index contributed by atoms with van der Waals surface area (Å²) in [7, 11) is 0. The Balaban J connectivity index is 2.50. The average molecular weight is 273 g/mol. The molecule has 0 unspecified atom stereocenters. The average Bonchev–Trinajstić information content (AvgIpc) is 2.80. The lowest BCUT2D eigenvalue weighted by atomic mass is 10.1. The van der Waals surface area contributed by atoms with Crippen LogP contribution in [0.4, 0.5) is 0 Å². The summed E-state index contributed by atoms with van der Waals surface area (Å²) < 4.78 is 3.49. The Morgan fingerprint density at radius 2 is 2.11 bits per heavy atom. The quantitative estimate of drug-likeness (QED) is 0.636. The minimum atomic E-state index is -1.21. The third kappa shape index (κ3) is 4.45. The van der Waals surface area contributed by atoms with E-state index in [1.54, 1.807) is 0 Å². The van der Waals surface area contributed by atoms with Gasteiger partial charge in [0.2, 0.25) is 0 Å². The Hall–Kier alpha value is -2.03. The summed E-state index contributed by atoms with van der Waals surface area (Å²) >= 11 is 0.978. The van der Waals surface area contributed by atoms with Crippen molar-refractivity contribution in [2.24, 2.45) is 0 Å². The Morgan fingerprint density at radius 1 is 1.39 bits per heavy atom. The molecule has 1 heterocycles. The Kier molecular flexibility index (Phi) is 5.18. The van der Waals surface area contributed by atoms with Crippen LogP contribution in [0.15, 0.2) is 5.38 Å². The van der Waals surface area contributed by atoms with Gasteiger partial charge in [-0.15, -0.1) is 5.10 Å². The molecule has 1 atom stereocenters. The van der Waals surface area contributed by atoms with Gasteiger partial charge >= 0.3 is 11.9 Å². The van der Waals surface area contributed by atoms with Crippen LogP contribution in [-0.2, 0) is 9.59 Å². The molecular formula is C9H11N3O5S. The summed E-state index contributed by atoms with van der Waals surface area (Å²) in [6.07, 6.45) is 0.0741. The van der Waals surface area contributed by atoms with Gasteiger partial charge in [-0.05, 0) is 24.4 Å². The molecule has 1 aromatic rings. The number of nitrogens with zero attached hydrogens (tertiary/aromatic N) is 2. The van der Waals surface area contributed by atoms with Gasteiger partial charge in [0.1, 0.15) is 6.04 Å². The van der Waals surface area contributed by atoms with E-state index < -0.39 is 23.9 Å². The predicted octanol–water partition coefficient (Wildman–Crippen LogP) is -0.0240. The van der Waals surface area contributed by atoms with Crippen LogP contribution in [0.5, 0.6) is 0 Å². The summed E-state index contributed by atoms with van der Waals surface area (Å²) in [5, 5.41) is 24.5. The largest absolute Gasteiger partial charge is 0.481 e. The molecule has 0 saturated heterocycles. The van der Waals surface area contributed by atoms with Crippen molar-refractivity contribution in [2.45, 2.75) is 25.3 Å². The summed E-state index contributed by atoms with van der Waals surface area (Å²) in [5.74, 6) is -2.85. The van der Waals surface area contributed by atoms with E-state index in [0.29, 0.717) is 0 Å². The number of hydrogen-bond donors (Lipinski definition) is 3. The monoisotopic (exact) mass is 273 g/mol. The second-order valence-corrected chi connectivity index (χ2v) is 4.05. The first-order valence-electron chi connectivity index (χ1n) is 5.03. The van der Waals surface area contributed by atoms with Crippen molar-refractivity contribution in [2.75, 3.05) is 0 Å². The molecule has 0 saturated carbocycles. The van der Waals surface area contributed by atoms with Crippen LogP contribution in [0.25, 0.3) is 0 Å². The van der Waals surface area contributed by atoms with Crippen LogP contribution >= 0.6 is 11.5 Å². The number of hydrogen-bond acceptors (Lipinski definition) is 6. The highest BCUT2D eigenvalue weighted by atomic mass is 32.1. The second-order valence-electron chi connectivity index (χ2n) is 3.44. The molecular weight excluding hydrogens is 262 g/mol. The van der Waals surface area contributed by atoms with Crippen molar-refractivity contribution in [1.82, 2.24) is 14.9 Å². The number of amides is 1. The fourth-order valence-corrected chi connectivity index (χ4v) is 1.65. The van der Waals surface area contributed by atoms with Gasteiger partial charge in [0.25, 0.3) is 5.91 Å². The maximum atomic E-state index is 11.5. The van der Waals surface area contributed by atoms with Crippen molar-refractivity contribution in [3.63, 3.8) is 0 Å². The number of carbonyl (C=O) groups excluding carboxylic acids is 1. The van der Waals surface area contributed by atoms with Crippen LogP contribution in [-0.4, -0.2) is 43.7 Å². The zero-order chi connectivity index (χ0) is 13.5. The molecule has 3 N–H and O–H groups in total. The maximum Gasteiger partial charge on any atom is 0.326 e. The molecule has 1 aromatic heterocycles. The zero-order valence-electron chi connectivity index (χ0n) is 9.20. The van der Waals surface area contributed by atoms with E-state index in [9.17, 15) is 14.4 Å². The highest BCUT2D eigenvalue weighted by Gasteiger charge is 2.21. The van der Waals surface area contributed by atoms with Crippen LogP contribution in [0.1, 0.15) is 29.8 Å². The van der Waals surface area contributed by atoms with E-state index in [2.05, 4.69) is 14.9 Å². The fourth-order valence-electron chi connectivity index (χ4n) is 1.21. The molecule has 0 aliphatic heterocycles. The number of rotatable bonds is 7. The minimum Gasteiger partial charge on any atom is -0.481 e. The van der Waals surface area contributed by atoms with Gasteiger partial charge in [-0.3, -0.25) is 9.59 Å².